The van der Waals surface area contributed by atoms with Gasteiger partial charge in [-0.25, -0.2) is 0 Å². The molecule has 1 aromatic carbocycles. The van der Waals surface area contributed by atoms with Gasteiger partial charge >= 0.3 is 0 Å². The molecule has 5 atom stereocenters. The minimum absolute atomic E-state index is 0.0973. The number of phenolic OH excluding ortho intramolecular Hbond substituents is 1. The molecule has 120 valence electrons. The first-order valence-corrected chi connectivity index (χ1v) is 10.5. The molecule has 2 saturated carbocycles. The number of aromatic hydroxyl groups is 1. The molecule has 4 heteroatoms. The highest BCUT2D eigenvalue weighted by Crippen LogP contribution is 2.61. The van der Waals surface area contributed by atoms with Crippen molar-refractivity contribution >= 4 is 45.2 Å². The lowest BCUT2D eigenvalue weighted by Crippen LogP contribution is -2.44. The number of halogens is 2. The molecule has 0 aliphatic heterocycles. The molecule has 0 amide bonds. The van der Waals surface area contributed by atoms with E-state index >= 15 is 0 Å². The largest absolute Gasteiger partial charge is 0.506 e. The molecule has 0 unspecified atom stereocenters. The third-order valence-electron chi connectivity index (χ3n) is 6.84. The summed E-state index contributed by atoms with van der Waals surface area (Å²) < 4.78 is 2.05. The molecule has 0 aromatic heterocycles. The van der Waals surface area contributed by atoms with Gasteiger partial charge in [-0.2, -0.15) is 0 Å². The molecule has 0 saturated heterocycles. The summed E-state index contributed by atoms with van der Waals surface area (Å²) in [5.41, 5.74) is 3.03. The number of hydrogen-bond acceptors (Lipinski definition) is 2. The summed E-state index contributed by atoms with van der Waals surface area (Å²) in [6.45, 7) is 2.32. The maximum atomic E-state index is 10.5. The van der Waals surface area contributed by atoms with Gasteiger partial charge in [-0.1, -0.05) is 6.92 Å². The van der Waals surface area contributed by atoms with Crippen LogP contribution in [-0.4, -0.2) is 16.3 Å². The van der Waals surface area contributed by atoms with E-state index in [9.17, 15) is 10.2 Å². The van der Waals surface area contributed by atoms with Crippen molar-refractivity contribution in [2.45, 2.75) is 57.5 Å². The van der Waals surface area contributed by atoms with Crippen LogP contribution in [0.25, 0.3) is 0 Å². The predicted molar refractivity (Wildman–Crippen MR) is 104 cm³/mol. The monoisotopic (exact) mass is 524 g/mol. The Morgan fingerprint density at radius 2 is 1.95 bits per heavy atom. The van der Waals surface area contributed by atoms with E-state index < -0.39 is 0 Å². The number of rotatable bonds is 0. The second-order valence-corrected chi connectivity index (χ2v) is 9.88. The molecule has 3 aliphatic rings. The zero-order valence-corrected chi connectivity index (χ0v) is 17.1. The van der Waals surface area contributed by atoms with Gasteiger partial charge < -0.3 is 10.2 Å². The molecule has 2 fully saturated rings. The van der Waals surface area contributed by atoms with Gasteiger partial charge in [0.2, 0.25) is 0 Å². The second kappa shape index (κ2) is 5.48. The van der Waals surface area contributed by atoms with E-state index in [0.29, 0.717) is 17.6 Å². The third-order valence-corrected chi connectivity index (χ3v) is 8.83. The maximum absolute atomic E-state index is 10.5. The number of aliphatic hydroxyl groups excluding tert-OH is 1. The van der Waals surface area contributed by atoms with Crippen LogP contribution in [0.15, 0.2) is 6.07 Å². The van der Waals surface area contributed by atoms with E-state index in [0.717, 1.165) is 32.3 Å². The van der Waals surface area contributed by atoms with Crippen LogP contribution >= 0.6 is 45.2 Å². The Hall–Kier alpha value is 0.440. The first-order chi connectivity index (χ1) is 10.4. The average molecular weight is 524 g/mol. The van der Waals surface area contributed by atoms with Crippen LogP contribution < -0.4 is 0 Å². The van der Waals surface area contributed by atoms with Crippen LogP contribution in [-0.2, 0) is 6.42 Å². The lowest BCUT2D eigenvalue weighted by Gasteiger charge is -2.50. The fourth-order valence-electron chi connectivity index (χ4n) is 5.61. The Bertz CT molecular complexity index is 630. The highest BCUT2D eigenvalue weighted by Gasteiger charge is 2.54. The van der Waals surface area contributed by atoms with Gasteiger partial charge in [-0.15, -0.1) is 0 Å². The fourth-order valence-corrected chi connectivity index (χ4v) is 7.60. The summed E-state index contributed by atoms with van der Waals surface area (Å²) in [5.74, 6) is 2.50. The van der Waals surface area contributed by atoms with Crippen molar-refractivity contribution in [2.24, 2.45) is 17.3 Å². The molecule has 3 aliphatic carbocycles. The van der Waals surface area contributed by atoms with Crippen LogP contribution in [0.5, 0.6) is 5.75 Å². The van der Waals surface area contributed by atoms with E-state index in [4.69, 9.17) is 0 Å². The van der Waals surface area contributed by atoms with E-state index in [1.54, 1.807) is 0 Å². The van der Waals surface area contributed by atoms with E-state index in [2.05, 4.69) is 58.2 Å². The molecule has 2 N–H and O–H groups in total. The topological polar surface area (TPSA) is 40.5 Å². The van der Waals surface area contributed by atoms with Crippen LogP contribution in [0.2, 0.25) is 0 Å². The molecule has 22 heavy (non-hydrogen) atoms. The zero-order valence-electron chi connectivity index (χ0n) is 12.8. The zero-order chi connectivity index (χ0) is 15.6. The number of fused-ring (bicyclic) bond motifs is 5. The normalized spacial score (nSPS) is 40.0. The van der Waals surface area contributed by atoms with Gasteiger partial charge in [-0.3, -0.25) is 0 Å². The Morgan fingerprint density at radius 3 is 2.73 bits per heavy atom. The molecule has 1 aromatic rings. The summed E-state index contributed by atoms with van der Waals surface area (Å²) in [6.07, 6.45) is 6.73. The van der Waals surface area contributed by atoms with Crippen LogP contribution in [0.4, 0.5) is 0 Å². The molecule has 4 rings (SSSR count). The van der Waals surface area contributed by atoms with Crippen LogP contribution in [0.3, 0.4) is 0 Å². The van der Waals surface area contributed by atoms with Gasteiger partial charge in [0.15, 0.2) is 0 Å². The number of phenols is 1. The average Bonchev–Trinajstić information content (AvgIpc) is 2.80. The van der Waals surface area contributed by atoms with E-state index in [-0.39, 0.29) is 11.5 Å². The number of aliphatic hydroxyl groups is 1. The number of benzene rings is 1. The van der Waals surface area contributed by atoms with Gasteiger partial charge in [0, 0.05) is 0 Å². The van der Waals surface area contributed by atoms with Crippen molar-refractivity contribution in [1.82, 2.24) is 0 Å². The Kier molecular flexibility index (Phi) is 3.97. The van der Waals surface area contributed by atoms with Crippen molar-refractivity contribution in [2.75, 3.05) is 0 Å². The minimum Gasteiger partial charge on any atom is -0.506 e. The Balaban J connectivity index is 1.76. The molecule has 0 heterocycles. The number of hydrogen-bond donors (Lipinski definition) is 2. The summed E-state index contributed by atoms with van der Waals surface area (Å²) in [7, 11) is 0. The summed E-state index contributed by atoms with van der Waals surface area (Å²) in [4.78, 5) is 0. The lowest BCUT2D eigenvalue weighted by molar-refractivity contribution is -0.0226. The molecule has 2 nitrogen and oxygen atoms in total. The smallest absolute Gasteiger partial charge is 0.142 e. The fraction of sp³-hybridized carbons (Fsp3) is 0.667. The van der Waals surface area contributed by atoms with E-state index in [1.807, 2.05) is 0 Å². The Morgan fingerprint density at radius 1 is 1.18 bits per heavy atom. The summed E-state index contributed by atoms with van der Waals surface area (Å²) in [5, 5.41) is 20.7. The van der Waals surface area contributed by atoms with Crippen molar-refractivity contribution < 1.29 is 10.2 Å². The van der Waals surface area contributed by atoms with Crippen molar-refractivity contribution in [3.63, 3.8) is 0 Å². The van der Waals surface area contributed by atoms with Gasteiger partial charge in [-0.05, 0) is 124 Å². The first-order valence-electron chi connectivity index (χ1n) is 8.31. The highest BCUT2D eigenvalue weighted by molar-refractivity contribution is 14.1. The summed E-state index contributed by atoms with van der Waals surface area (Å²) in [6, 6.07) is 2.23. The summed E-state index contributed by atoms with van der Waals surface area (Å²) >= 11 is 4.58. The molecule has 0 radical (unpaired) electrons. The lowest BCUT2D eigenvalue weighted by atomic mass is 9.55. The molecule has 0 spiro atoms. The van der Waals surface area contributed by atoms with Gasteiger partial charge in [0.25, 0.3) is 0 Å². The van der Waals surface area contributed by atoms with Crippen LogP contribution in [0.1, 0.15) is 56.1 Å². The molecular weight excluding hydrogens is 502 g/mol. The van der Waals surface area contributed by atoms with Crippen molar-refractivity contribution in [1.29, 1.82) is 0 Å². The standard InChI is InChI=1S/C18H22I2O2/c1-18-7-6-9-10(13(18)4-5-15(18)21)2-3-11-12(9)8-14(19)17(22)16(11)20/h8-10,13,15,21-22H,2-7H2,1H3/t9-,10+,13-,15-,18-/m0/s1. The van der Waals surface area contributed by atoms with Gasteiger partial charge in [0.05, 0.1) is 13.2 Å². The molecule has 0 bridgehead atoms. The van der Waals surface area contributed by atoms with Crippen molar-refractivity contribution in [3.05, 3.63) is 24.3 Å². The van der Waals surface area contributed by atoms with Gasteiger partial charge in [0.1, 0.15) is 5.75 Å². The first kappa shape index (κ1) is 15.9. The Labute approximate surface area is 159 Å². The quantitative estimate of drug-likeness (QED) is 0.479. The predicted octanol–water partition coefficient (Wildman–Crippen LogP) is 4.82. The second-order valence-electron chi connectivity index (χ2n) is 7.64. The highest BCUT2D eigenvalue weighted by atomic mass is 127. The van der Waals surface area contributed by atoms with Crippen LogP contribution in [0, 0.1) is 24.4 Å². The van der Waals surface area contributed by atoms with E-state index in [1.165, 1.54) is 30.4 Å². The molecular formula is C18H22I2O2. The SMILES string of the molecule is C[C@]12CC[C@@H]3c4cc(I)c(O)c(I)c4CC[C@H]3[C@@H]1CC[C@@H]2O. The minimum atomic E-state index is -0.0973. The van der Waals surface area contributed by atoms with Crippen molar-refractivity contribution in [3.8, 4) is 5.75 Å². The maximum Gasteiger partial charge on any atom is 0.142 e. The third kappa shape index (κ3) is 2.11.